The summed E-state index contributed by atoms with van der Waals surface area (Å²) < 4.78 is 30.7. The molecule has 0 atom stereocenters. The molecule has 0 aliphatic carbocycles. The Morgan fingerprint density at radius 3 is 1.43 bits per heavy atom. The Bertz CT molecular complexity index is 2200. The maximum atomic E-state index is 12.4. The molecule has 6 aromatic rings. The molecule has 0 radical (unpaired) electrons. The highest BCUT2D eigenvalue weighted by Crippen LogP contribution is 2.35. The van der Waals surface area contributed by atoms with Crippen LogP contribution in [0.25, 0.3) is 0 Å². The molecule has 5 aromatic carbocycles. The first-order chi connectivity index (χ1) is 27.1. The number of ether oxygens (including phenoxy) is 6. The molecule has 288 valence electrons. The van der Waals surface area contributed by atoms with Crippen LogP contribution in [0.5, 0.6) is 28.7 Å². The Morgan fingerprint density at radius 1 is 0.482 bits per heavy atom. The number of nitrogens with one attached hydrogen (secondary N) is 3. The van der Waals surface area contributed by atoms with Crippen LogP contribution < -0.4 is 39.6 Å². The Labute approximate surface area is 324 Å². The zero-order chi connectivity index (χ0) is 40.0. The second-order valence-electron chi connectivity index (χ2n) is 12.0. The van der Waals surface area contributed by atoms with Gasteiger partial charge in [-0.2, -0.15) is 15.0 Å². The van der Waals surface area contributed by atoms with Crippen LogP contribution in [0.3, 0.4) is 0 Å². The van der Waals surface area contributed by atoms with E-state index in [-0.39, 0.29) is 17.1 Å². The molecule has 0 amide bonds. The molecule has 0 aliphatic heterocycles. The predicted octanol–water partition coefficient (Wildman–Crippen LogP) is 8.45. The van der Waals surface area contributed by atoms with Crippen LogP contribution in [0.1, 0.15) is 31.8 Å². The minimum Gasteiger partial charge on any atom is -0.497 e. The Kier molecular flexibility index (Phi) is 13.6. The molecule has 0 saturated heterocycles. The molecule has 0 spiro atoms. The number of aromatic nitrogens is 3. The van der Waals surface area contributed by atoms with Gasteiger partial charge in [0.1, 0.15) is 22.8 Å². The first-order valence-electron chi connectivity index (χ1n) is 17.2. The number of carbonyl (C=O) groups is 2. The van der Waals surface area contributed by atoms with Crippen molar-refractivity contribution in [1.82, 2.24) is 15.0 Å². The van der Waals surface area contributed by atoms with Gasteiger partial charge in [0.15, 0.2) is 11.5 Å². The summed E-state index contributed by atoms with van der Waals surface area (Å²) >= 11 is 0. The van der Waals surface area contributed by atoms with Crippen LogP contribution in [-0.4, -0.2) is 62.4 Å². The van der Waals surface area contributed by atoms with Gasteiger partial charge in [-0.1, -0.05) is 24.3 Å². The van der Waals surface area contributed by atoms with Crippen molar-refractivity contribution in [2.24, 2.45) is 0 Å². The highest BCUT2D eigenvalue weighted by Gasteiger charge is 2.20. The summed E-state index contributed by atoms with van der Waals surface area (Å²) in [5.74, 6) is 2.33. The lowest BCUT2D eigenvalue weighted by atomic mass is 10.1. The molecule has 56 heavy (non-hydrogen) atoms. The molecule has 1 heterocycles. The fourth-order valence-electron chi connectivity index (χ4n) is 5.18. The van der Waals surface area contributed by atoms with E-state index in [0.29, 0.717) is 34.9 Å². The molecule has 1 aromatic heterocycles. The molecule has 0 fully saturated rings. The number of aryl methyl sites for hydroxylation is 2. The minimum absolute atomic E-state index is 0.178. The largest absolute Gasteiger partial charge is 0.497 e. The Balaban J connectivity index is 0.000000220. The van der Waals surface area contributed by atoms with Gasteiger partial charge >= 0.3 is 11.9 Å². The van der Waals surface area contributed by atoms with Crippen molar-refractivity contribution < 1.29 is 38.0 Å². The first-order valence-corrected chi connectivity index (χ1v) is 17.2. The second kappa shape index (κ2) is 19.1. The molecule has 0 unspecified atom stereocenters. The lowest BCUT2D eigenvalue weighted by Crippen LogP contribution is -2.11. The molecular formula is C42H42N6O8. The number of anilines is 6. The monoisotopic (exact) mass is 758 g/mol. The first kappa shape index (κ1) is 39.8. The molecule has 0 bridgehead atoms. The molecular weight excluding hydrogens is 716 g/mol. The highest BCUT2D eigenvalue weighted by atomic mass is 16.5. The Morgan fingerprint density at radius 2 is 0.964 bits per heavy atom. The summed E-state index contributed by atoms with van der Waals surface area (Å²) in [6.45, 7) is 4.08. The third kappa shape index (κ3) is 10.9. The number of esters is 2. The average molecular weight is 759 g/mol. The van der Waals surface area contributed by atoms with Crippen molar-refractivity contribution in [1.29, 1.82) is 0 Å². The van der Waals surface area contributed by atoms with E-state index >= 15 is 0 Å². The minimum atomic E-state index is -0.636. The lowest BCUT2D eigenvalue weighted by Gasteiger charge is -2.13. The van der Waals surface area contributed by atoms with Crippen LogP contribution in [-0.2, 0) is 4.74 Å². The maximum Gasteiger partial charge on any atom is 0.347 e. The van der Waals surface area contributed by atoms with Gasteiger partial charge in [0.05, 0.1) is 41.1 Å². The van der Waals surface area contributed by atoms with Gasteiger partial charge in [-0.15, -0.1) is 0 Å². The van der Waals surface area contributed by atoms with Gasteiger partial charge in [-0.3, -0.25) is 0 Å². The number of carbonyl (C=O) groups excluding carboxylic acids is 2. The maximum absolute atomic E-state index is 12.4. The summed E-state index contributed by atoms with van der Waals surface area (Å²) in [6, 6.07) is 32.6. The molecule has 6 rings (SSSR count). The summed E-state index contributed by atoms with van der Waals surface area (Å²) in [7, 11) is 7.31. The second-order valence-corrected chi connectivity index (χ2v) is 12.0. The van der Waals surface area contributed by atoms with Crippen molar-refractivity contribution in [2.45, 2.75) is 13.8 Å². The number of methoxy groups -OCH3 is 5. The van der Waals surface area contributed by atoms with E-state index in [9.17, 15) is 9.59 Å². The van der Waals surface area contributed by atoms with Crippen LogP contribution in [0.4, 0.5) is 34.9 Å². The average Bonchev–Trinajstić information content (AvgIpc) is 3.20. The zero-order valence-electron chi connectivity index (χ0n) is 32.0. The molecule has 0 aliphatic rings. The van der Waals surface area contributed by atoms with Crippen LogP contribution in [0.15, 0.2) is 109 Å². The molecule has 0 saturated carbocycles. The topological polar surface area (TPSA) is 164 Å². The quantitative estimate of drug-likeness (QED) is 0.0759. The van der Waals surface area contributed by atoms with Crippen molar-refractivity contribution >= 4 is 46.8 Å². The van der Waals surface area contributed by atoms with E-state index in [1.54, 1.807) is 7.11 Å². The van der Waals surface area contributed by atoms with Gasteiger partial charge < -0.3 is 44.4 Å². The highest BCUT2D eigenvalue weighted by molar-refractivity contribution is 5.95. The SMILES string of the molecule is COC(=O)c1ccc(OC(=O)c2cc(OC)c(OC)cc2OC)cc1.COc1ccc(Nc2nc(Nc3cccc(C)c3)nc(Nc3cccc(C)c3)n2)cc1. The van der Waals surface area contributed by atoms with Crippen LogP contribution >= 0.6 is 0 Å². The van der Waals surface area contributed by atoms with Crippen molar-refractivity contribution in [3.05, 3.63) is 131 Å². The predicted molar refractivity (Wildman–Crippen MR) is 214 cm³/mol. The van der Waals surface area contributed by atoms with Crippen molar-refractivity contribution in [3.63, 3.8) is 0 Å². The number of hydrogen-bond donors (Lipinski definition) is 3. The third-order valence-corrected chi connectivity index (χ3v) is 7.94. The van der Waals surface area contributed by atoms with E-state index in [4.69, 9.17) is 23.7 Å². The summed E-state index contributed by atoms with van der Waals surface area (Å²) in [5.41, 5.74) is 5.48. The summed E-state index contributed by atoms with van der Waals surface area (Å²) in [4.78, 5) is 37.5. The fraction of sp³-hybridized carbons (Fsp3) is 0.167. The van der Waals surface area contributed by atoms with Gasteiger partial charge in [-0.05, 0) is 97.8 Å². The summed E-state index contributed by atoms with van der Waals surface area (Å²) in [5, 5.41) is 9.76. The van der Waals surface area contributed by atoms with Crippen LogP contribution in [0.2, 0.25) is 0 Å². The molecule has 14 nitrogen and oxygen atoms in total. The smallest absolute Gasteiger partial charge is 0.347 e. The normalized spacial score (nSPS) is 10.2. The summed E-state index contributed by atoms with van der Waals surface area (Å²) in [6.07, 6.45) is 0. The lowest BCUT2D eigenvalue weighted by molar-refractivity contribution is 0.0600. The van der Waals surface area contributed by atoms with Crippen LogP contribution in [0, 0.1) is 13.8 Å². The number of nitrogens with zero attached hydrogens (tertiary/aromatic N) is 3. The van der Waals surface area contributed by atoms with E-state index < -0.39 is 11.9 Å². The van der Waals surface area contributed by atoms with Crippen molar-refractivity contribution in [2.75, 3.05) is 51.5 Å². The third-order valence-electron chi connectivity index (χ3n) is 7.94. The molecule has 14 heteroatoms. The van der Waals surface area contributed by atoms with Crippen molar-refractivity contribution in [3.8, 4) is 28.7 Å². The number of rotatable bonds is 13. The van der Waals surface area contributed by atoms with E-state index in [1.807, 2.05) is 86.6 Å². The molecule has 3 N–H and O–H groups in total. The number of hydrogen-bond acceptors (Lipinski definition) is 14. The standard InChI is InChI=1S/C24H24N6O.C18H18O7/c1-16-6-4-8-19(14-16)26-23-28-22(25-18-10-12-21(31-3)13-11-18)29-24(30-23)27-20-9-5-7-17(2)15-20;1-21-14-10-16(23-3)15(22-2)9-13(14)18(20)25-12-7-5-11(6-8-12)17(19)24-4/h4-15H,1-3H3,(H3,25,26,27,28,29,30);5-10H,1-4H3. The Hall–Kier alpha value is -7.35. The zero-order valence-corrected chi connectivity index (χ0v) is 32.0. The van der Waals surface area contributed by atoms with Gasteiger partial charge in [0, 0.05) is 29.2 Å². The van der Waals surface area contributed by atoms with E-state index in [0.717, 1.165) is 33.9 Å². The van der Waals surface area contributed by atoms with E-state index in [1.165, 1.54) is 64.8 Å². The van der Waals surface area contributed by atoms with Gasteiger partial charge in [0.2, 0.25) is 17.8 Å². The van der Waals surface area contributed by atoms with Gasteiger partial charge in [-0.25, -0.2) is 9.59 Å². The fourth-order valence-corrected chi connectivity index (χ4v) is 5.18. The van der Waals surface area contributed by atoms with E-state index in [2.05, 4.69) is 35.6 Å². The number of benzene rings is 5. The van der Waals surface area contributed by atoms with Gasteiger partial charge in [0.25, 0.3) is 0 Å².